The molecule has 0 aromatic carbocycles. The third-order valence-electron chi connectivity index (χ3n) is 9.83. The second-order valence-corrected chi connectivity index (χ2v) is 15.8. The lowest BCUT2D eigenvalue weighted by Crippen LogP contribution is -2.61. The zero-order valence-electron chi connectivity index (χ0n) is 33.1. The molecule has 0 spiro atoms. The molecule has 54 heavy (non-hydrogen) atoms. The van der Waals surface area contributed by atoms with Gasteiger partial charge in [-0.05, 0) is 44.9 Å². The highest BCUT2D eigenvalue weighted by Gasteiger charge is 2.48. The summed E-state index contributed by atoms with van der Waals surface area (Å²) < 4.78 is 47.3. The zero-order chi connectivity index (χ0) is 40.0. The molecule has 1 saturated heterocycles. The summed E-state index contributed by atoms with van der Waals surface area (Å²) in [6.07, 6.45) is 21.4. The Labute approximate surface area is 325 Å². The number of carbonyl (C=O) groups is 1. The Bertz CT molecular complexity index is 1090. The topological polar surface area (TPSA) is 212 Å². The van der Waals surface area contributed by atoms with E-state index in [-0.39, 0.29) is 6.42 Å². The maximum Gasteiger partial charge on any atom is 0.397 e. The van der Waals surface area contributed by atoms with Gasteiger partial charge in [-0.15, -0.1) is 0 Å². The van der Waals surface area contributed by atoms with Crippen LogP contribution in [0, 0.1) is 0 Å². The molecule has 1 rings (SSSR count). The molecule has 0 aromatic rings. The lowest BCUT2D eigenvalue weighted by atomic mass is 9.99. The van der Waals surface area contributed by atoms with Gasteiger partial charge < -0.3 is 40.3 Å². The van der Waals surface area contributed by atoms with E-state index >= 15 is 0 Å². The smallest absolute Gasteiger partial charge is 0.394 e. The van der Waals surface area contributed by atoms with Crippen molar-refractivity contribution in [2.24, 2.45) is 0 Å². The number of unbranched alkanes of at least 4 members (excludes halogenated alkanes) is 19. The Morgan fingerprint density at radius 2 is 1.22 bits per heavy atom. The maximum atomic E-state index is 13.0. The van der Waals surface area contributed by atoms with E-state index in [0.717, 1.165) is 51.4 Å². The number of nitrogens with one attached hydrogen (secondary N) is 1. The van der Waals surface area contributed by atoms with E-state index in [2.05, 4.69) is 35.5 Å². The van der Waals surface area contributed by atoms with Crippen molar-refractivity contribution in [3.05, 3.63) is 24.3 Å². The Balaban J connectivity index is 2.65. The molecule has 0 aromatic heterocycles. The van der Waals surface area contributed by atoms with E-state index in [0.29, 0.717) is 12.8 Å². The molecule has 318 valence electrons. The lowest BCUT2D eigenvalue weighted by molar-refractivity contribution is -0.298. The summed E-state index contributed by atoms with van der Waals surface area (Å²) in [7, 11) is -5.11. The Kier molecular flexibility index (Phi) is 29.6. The van der Waals surface area contributed by atoms with E-state index in [1.807, 2.05) is 6.08 Å². The molecule has 7 N–H and O–H groups in total. The quantitative estimate of drug-likeness (QED) is 0.0229. The van der Waals surface area contributed by atoms with Crippen molar-refractivity contribution < 1.29 is 57.0 Å². The summed E-state index contributed by atoms with van der Waals surface area (Å²) in [6, 6.07) is -1.12. The van der Waals surface area contributed by atoms with Crippen LogP contribution in [0.2, 0.25) is 0 Å². The maximum absolute atomic E-state index is 13.0. The minimum absolute atomic E-state index is 0.229. The average molecular weight is 794 g/mol. The van der Waals surface area contributed by atoms with Crippen LogP contribution in [0.5, 0.6) is 0 Å². The minimum atomic E-state index is -5.11. The van der Waals surface area contributed by atoms with Crippen molar-refractivity contribution in [3.63, 3.8) is 0 Å². The molecule has 13 nitrogen and oxygen atoms in total. The van der Waals surface area contributed by atoms with Crippen molar-refractivity contribution in [2.45, 2.75) is 210 Å². The number of aliphatic hydroxyl groups excluding tert-OH is 5. The summed E-state index contributed by atoms with van der Waals surface area (Å²) in [5, 5.41) is 54.9. The van der Waals surface area contributed by atoms with E-state index < -0.39 is 78.5 Å². The first-order valence-electron chi connectivity index (χ1n) is 20.8. The number of hydrogen-bond donors (Lipinski definition) is 7. The molecule has 1 aliphatic rings. The number of allylic oxidation sites excluding steroid dienone is 3. The molecular weight excluding hydrogens is 719 g/mol. The van der Waals surface area contributed by atoms with Crippen LogP contribution >= 0.6 is 0 Å². The van der Waals surface area contributed by atoms with Crippen molar-refractivity contribution >= 4 is 16.3 Å². The second kappa shape index (κ2) is 31.6. The van der Waals surface area contributed by atoms with Crippen molar-refractivity contribution in [1.29, 1.82) is 0 Å². The molecule has 0 aliphatic carbocycles. The van der Waals surface area contributed by atoms with E-state index in [1.54, 1.807) is 0 Å². The fourth-order valence-corrected chi connectivity index (χ4v) is 6.96. The molecule has 1 amide bonds. The summed E-state index contributed by atoms with van der Waals surface area (Å²) >= 11 is 0. The molecule has 8 unspecified atom stereocenters. The van der Waals surface area contributed by atoms with Gasteiger partial charge in [-0.2, -0.15) is 8.42 Å². The predicted molar refractivity (Wildman–Crippen MR) is 210 cm³/mol. The van der Waals surface area contributed by atoms with E-state index in [1.165, 1.54) is 83.1 Å². The van der Waals surface area contributed by atoms with Gasteiger partial charge >= 0.3 is 10.4 Å². The first-order valence-corrected chi connectivity index (χ1v) is 22.2. The minimum Gasteiger partial charge on any atom is -0.394 e. The third-order valence-corrected chi connectivity index (χ3v) is 10.3. The van der Waals surface area contributed by atoms with Gasteiger partial charge in [-0.25, -0.2) is 4.18 Å². The van der Waals surface area contributed by atoms with Crippen molar-refractivity contribution in [3.8, 4) is 0 Å². The summed E-state index contributed by atoms with van der Waals surface area (Å²) in [5.41, 5.74) is 0. The number of rotatable bonds is 34. The van der Waals surface area contributed by atoms with Crippen LogP contribution in [0.4, 0.5) is 0 Å². The first kappa shape index (κ1) is 50.6. The van der Waals surface area contributed by atoms with Crippen LogP contribution in [0.1, 0.15) is 162 Å². The standard InChI is InChI=1S/C40H75NO12S/c1-3-5-7-9-11-13-15-16-17-18-19-21-23-25-27-29-34(44)39(47)41-32(33(43)28-26-24-22-20-14-12-10-8-6-4-2)31-51-40-37(46)38(53-54(48,49)50)36(45)35(30-42)52-40/h17-18,26,28,32-38,40,42-46H,3-16,19-25,27,29-31H2,1-2H3,(H,41,47)(H,48,49,50)/b18-17-,28-26+. The summed E-state index contributed by atoms with van der Waals surface area (Å²) in [6.45, 7) is 3.15. The lowest BCUT2D eigenvalue weighted by Gasteiger charge is -2.41. The van der Waals surface area contributed by atoms with Gasteiger partial charge in [0.25, 0.3) is 0 Å². The molecule has 14 heteroatoms. The van der Waals surface area contributed by atoms with Crippen LogP contribution < -0.4 is 5.32 Å². The van der Waals surface area contributed by atoms with E-state index in [4.69, 9.17) is 14.0 Å². The normalized spacial score (nSPS) is 22.6. The van der Waals surface area contributed by atoms with E-state index in [9.17, 15) is 38.7 Å². The van der Waals surface area contributed by atoms with Gasteiger partial charge in [-0.1, -0.05) is 141 Å². The van der Waals surface area contributed by atoms with Crippen molar-refractivity contribution in [2.75, 3.05) is 13.2 Å². The van der Waals surface area contributed by atoms with Crippen LogP contribution in [0.25, 0.3) is 0 Å². The van der Waals surface area contributed by atoms with Gasteiger partial charge in [0.05, 0.1) is 25.4 Å². The molecule has 1 aliphatic heterocycles. The Morgan fingerprint density at radius 1 is 0.741 bits per heavy atom. The SMILES string of the molecule is CCCCCCCCC/C=C\CCCCCCC(O)C(=O)NC(COC1OC(CO)C(O)C(OS(=O)(=O)O)C1O)C(O)/C=C/CCCCCCCCCC. The molecule has 1 fully saturated rings. The number of hydrogen-bond acceptors (Lipinski definition) is 11. The van der Waals surface area contributed by atoms with Gasteiger partial charge in [-0.3, -0.25) is 9.35 Å². The van der Waals surface area contributed by atoms with Gasteiger partial charge in [0.15, 0.2) is 6.29 Å². The van der Waals surface area contributed by atoms with Crippen LogP contribution in [0.15, 0.2) is 24.3 Å². The van der Waals surface area contributed by atoms with Crippen LogP contribution in [-0.4, -0.2) is 107 Å². The Morgan fingerprint density at radius 3 is 1.72 bits per heavy atom. The van der Waals surface area contributed by atoms with Gasteiger partial charge in [0.2, 0.25) is 5.91 Å². The fourth-order valence-electron chi connectivity index (χ4n) is 6.45. The Hall–Kier alpha value is -1.46. The molecule has 1 heterocycles. The predicted octanol–water partition coefficient (Wildman–Crippen LogP) is 5.96. The highest BCUT2D eigenvalue weighted by molar-refractivity contribution is 7.80. The summed E-state index contributed by atoms with van der Waals surface area (Å²) in [5.74, 6) is -0.714. The molecule has 8 atom stereocenters. The highest BCUT2D eigenvalue weighted by atomic mass is 32.3. The van der Waals surface area contributed by atoms with Gasteiger partial charge in [0, 0.05) is 0 Å². The van der Waals surface area contributed by atoms with Crippen LogP contribution in [-0.2, 0) is 28.9 Å². The number of ether oxygens (including phenoxy) is 2. The molecule has 0 saturated carbocycles. The zero-order valence-corrected chi connectivity index (χ0v) is 34.0. The van der Waals surface area contributed by atoms with Crippen LogP contribution in [0.3, 0.4) is 0 Å². The number of amides is 1. The monoisotopic (exact) mass is 794 g/mol. The average Bonchev–Trinajstić information content (AvgIpc) is 3.14. The second-order valence-electron chi connectivity index (χ2n) is 14.7. The van der Waals surface area contributed by atoms with Gasteiger partial charge in [0.1, 0.15) is 30.5 Å². The number of carbonyl (C=O) groups excluding carboxylic acids is 1. The molecule has 0 bridgehead atoms. The largest absolute Gasteiger partial charge is 0.397 e. The fraction of sp³-hybridized carbons (Fsp3) is 0.875. The molecular formula is C40H75NO12S. The number of aliphatic hydroxyl groups is 5. The highest BCUT2D eigenvalue weighted by Crippen LogP contribution is 2.26. The first-order chi connectivity index (χ1) is 25.9. The van der Waals surface area contributed by atoms with Crippen molar-refractivity contribution in [1.82, 2.24) is 5.32 Å². The molecule has 0 radical (unpaired) electrons. The summed E-state index contributed by atoms with van der Waals surface area (Å²) in [4.78, 5) is 13.0. The third kappa shape index (κ3) is 24.2.